The van der Waals surface area contributed by atoms with E-state index < -0.39 is 5.97 Å². The van der Waals surface area contributed by atoms with Gasteiger partial charge in [0.2, 0.25) is 0 Å². The van der Waals surface area contributed by atoms with Crippen LogP contribution in [0, 0.1) is 0 Å². The quantitative estimate of drug-likeness (QED) is 0.656. The van der Waals surface area contributed by atoms with Crippen LogP contribution >= 0.6 is 11.8 Å². The molecule has 1 N–H and O–H groups in total. The van der Waals surface area contributed by atoms with Gasteiger partial charge in [-0.05, 0) is 23.8 Å². The van der Waals surface area contributed by atoms with E-state index in [0.717, 1.165) is 28.1 Å². The van der Waals surface area contributed by atoms with E-state index in [-0.39, 0.29) is 0 Å². The maximum Gasteiger partial charge on any atom is 0.328 e. The third-order valence-electron chi connectivity index (χ3n) is 2.84. The van der Waals surface area contributed by atoms with E-state index in [1.807, 2.05) is 36.0 Å². The second-order valence-electron chi connectivity index (χ2n) is 4.36. The molecule has 0 saturated carbocycles. The molecule has 0 radical (unpaired) electrons. The topological polar surface area (TPSA) is 64.4 Å². The Morgan fingerprint density at radius 1 is 1.52 bits per heavy atom. The number of ether oxygens (including phenoxy) is 1. The highest BCUT2D eigenvalue weighted by molar-refractivity contribution is 7.98. The number of thioether (sulfide) groups is 1. The van der Waals surface area contributed by atoms with Crippen molar-refractivity contribution >= 4 is 23.8 Å². The van der Waals surface area contributed by atoms with Gasteiger partial charge in [0.05, 0.1) is 7.11 Å². The van der Waals surface area contributed by atoms with Crippen LogP contribution in [0.1, 0.15) is 11.1 Å². The zero-order valence-corrected chi connectivity index (χ0v) is 12.6. The van der Waals surface area contributed by atoms with Gasteiger partial charge in [-0.15, -0.1) is 0 Å². The summed E-state index contributed by atoms with van der Waals surface area (Å²) in [6.45, 7) is 0. The van der Waals surface area contributed by atoms with Gasteiger partial charge >= 0.3 is 5.97 Å². The molecule has 0 aliphatic heterocycles. The number of benzene rings is 1. The Balaban J connectivity index is 2.15. The highest BCUT2D eigenvalue weighted by Crippen LogP contribution is 2.26. The standard InChI is InChI=1S/C15H16N2O3S/c1-17-8-7-16-15(17)21-10-11-3-5-13(20-2)12(9-11)4-6-14(18)19/h3-9H,10H2,1-2H3,(H,18,19). The molecule has 0 aliphatic carbocycles. The summed E-state index contributed by atoms with van der Waals surface area (Å²) in [7, 11) is 3.51. The minimum Gasteiger partial charge on any atom is -0.496 e. The predicted octanol–water partition coefficient (Wildman–Crippen LogP) is 2.82. The van der Waals surface area contributed by atoms with Gasteiger partial charge in [0, 0.05) is 36.8 Å². The molecule has 0 bridgehead atoms. The van der Waals surface area contributed by atoms with Gasteiger partial charge in [-0.1, -0.05) is 17.8 Å². The lowest BCUT2D eigenvalue weighted by Crippen LogP contribution is -1.93. The summed E-state index contributed by atoms with van der Waals surface area (Å²) in [4.78, 5) is 14.9. The number of methoxy groups -OCH3 is 1. The van der Waals surface area contributed by atoms with Crippen LogP contribution in [-0.2, 0) is 17.6 Å². The minimum atomic E-state index is -0.982. The van der Waals surface area contributed by atoms with Crippen molar-refractivity contribution in [2.45, 2.75) is 10.9 Å². The molecular formula is C15H16N2O3S. The fourth-order valence-corrected chi connectivity index (χ4v) is 2.68. The third kappa shape index (κ3) is 4.13. The Morgan fingerprint density at radius 2 is 2.33 bits per heavy atom. The summed E-state index contributed by atoms with van der Waals surface area (Å²) < 4.78 is 7.19. The molecule has 0 atom stereocenters. The van der Waals surface area contributed by atoms with Crippen molar-refractivity contribution in [3.8, 4) is 5.75 Å². The number of carboxylic acids is 1. The summed E-state index contributed by atoms with van der Waals surface area (Å²) in [6, 6.07) is 5.73. The number of carboxylic acid groups (broad SMARTS) is 1. The Hall–Kier alpha value is -2.21. The molecule has 0 amide bonds. The van der Waals surface area contributed by atoms with Gasteiger partial charge in [-0.25, -0.2) is 9.78 Å². The zero-order valence-electron chi connectivity index (χ0n) is 11.8. The van der Waals surface area contributed by atoms with Crippen LogP contribution in [-0.4, -0.2) is 27.7 Å². The van der Waals surface area contributed by atoms with E-state index in [2.05, 4.69) is 4.98 Å². The van der Waals surface area contributed by atoms with E-state index in [0.29, 0.717) is 5.75 Å². The molecule has 2 aromatic rings. The number of aliphatic carboxylic acids is 1. The highest BCUT2D eigenvalue weighted by atomic mass is 32.2. The number of carbonyl (C=O) groups is 1. The van der Waals surface area contributed by atoms with Crippen LogP contribution in [0.2, 0.25) is 0 Å². The van der Waals surface area contributed by atoms with Crippen LogP contribution in [0.3, 0.4) is 0 Å². The van der Waals surface area contributed by atoms with Crippen molar-refractivity contribution in [2.75, 3.05) is 7.11 Å². The van der Waals surface area contributed by atoms with Crippen molar-refractivity contribution in [1.82, 2.24) is 9.55 Å². The second kappa shape index (κ2) is 6.99. The molecule has 1 heterocycles. The highest BCUT2D eigenvalue weighted by Gasteiger charge is 2.05. The molecule has 0 fully saturated rings. The molecule has 0 unspecified atom stereocenters. The minimum absolute atomic E-state index is 0.651. The summed E-state index contributed by atoms with van der Waals surface area (Å²) in [6.07, 6.45) is 6.30. The van der Waals surface area contributed by atoms with Crippen molar-refractivity contribution < 1.29 is 14.6 Å². The smallest absolute Gasteiger partial charge is 0.328 e. The summed E-state index contributed by atoms with van der Waals surface area (Å²) in [5, 5.41) is 9.66. The molecule has 0 spiro atoms. The maximum absolute atomic E-state index is 10.6. The van der Waals surface area contributed by atoms with E-state index in [4.69, 9.17) is 9.84 Å². The van der Waals surface area contributed by atoms with Gasteiger partial charge in [0.15, 0.2) is 5.16 Å². The van der Waals surface area contributed by atoms with Gasteiger partial charge in [-0.2, -0.15) is 0 Å². The lowest BCUT2D eigenvalue weighted by Gasteiger charge is -2.08. The summed E-state index contributed by atoms with van der Waals surface area (Å²) in [5.41, 5.74) is 1.83. The fourth-order valence-electron chi connectivity index (χ4n) is 1.80. The number of hydrogen-bond acceptors (Lipinski definition) is 4. The van der Waals surface area contributed by atoms with E-state index in [1.165, 1.54) is 6.08 Å². The van der Waals surface area contributed by atoms with Crippen molar-refractivity contribution in [3.63, 3.8) is 0 Å². The van der Waals surface area contributed by atoms with Crippen molar-refractivity contribution in [3.05, 3.63) is 47.8 Å². The van der Waals surface area contributed by atoms with Gasteiger partial charge in [0.1, 0.15) is 5.75 Å². The lowest BCUT2D eigenvalue weighted by molar-refractivity contribution is -0.131. The molecule has 5 nitrogen and oxygen atoms in total. The van der Waals surface area contributed by atoms with Gasteiger partial charge in [-0.3, -0.25) is 0 Å². The van der Waals surface area contributed by atoms with E-state index in [9.17, 15) is 4.79 Å². The van der Waals surface area contributed by atoms with Crippen LogP contribution < -0.4 is 4.74 Å². The second-order valence-corrected chi connectivity index (χ2v) is 5.30. The predicted molar refractivity (Wildman–Crippen MR) is 82.4 cm³/mol. The summed E-state index contributed by atoms with van der Waals surface area (Å²) in [5.74, 6) is 0.422. The van der Waals surface area contributed by atoms with E-state index in [1.54, 1.807) is 25.1 Å². The van der Waals surface area contributed by atoms with Crippen LogP contribution in [0.4, 0.5) is 0 Å². The average molecular weight is 304 g/mol. The fraction of sp³-hybridized carbons (Fsp3) is 0.200. The first-order valence-corrected chi connectivity index (χ1v) is 7.26. The largest absolute Gasteiger partial charge is 0.496 e. The Labute approximate surface area is 127 Å². The first kappa shape index (κ1) is 15.2. The van der Waals surface area contributed by atoms with Crippen LogP contribution in [0.15, 0.2) is 41.8 Å². The van der Waals surface area contributed by atoms with E-state index >= 15 is 0 Å². The monoisotopic (exact) mass is 304 g/mol. The van der Waals surface area contributed by atoms with Crippen molar-refractivity contribution in [2.24, 2.45) is 7.05 Å². The Bertz CT molecular complexity index is 665. The Kier molecular flexibility index (Phi) is 5.05. The molecule has 21 heavy (non-hydrogen) atoms. The molecule has 1 aromatic heterocycles. The molecule has 6 heteroatoms. The third-order valence-corrected chi connectivity index (χ3v) is 3.97. The molecule has 0 saturated heterocycles. The normalized spacial score (nSPS) is 11.0. The molecule has 110 valence electrons. The number of hydrogen-bond donors (Lipinski definition) is 1. The van der Waals surface area contributed by atoms with Crippen molar-refractivity contribution in [1.29, 1.82) is 0 Å². The van der Waals surface area contributed by atoms with Gasteiger partial charge < -0.3 is 14.4 Å². The summed E-state index contributed by atoms with van der Waals surface area (Å²) >= 11 is 1.62. The number of aromatic nitrogens is 2. The maximum atomic E-state index is 10.6. The molecule has 1 aromatic carbocycles. The average Bonchev–Trinajstić information content (AvgIpc) is 2.88. The number of imidazole rings is 1. The first-order chi connectivity index (χ1) is 10.1. The first-order valence-electron chi connectivity index (χ1n) is 6.28. The number of aryl methyl sites for hydroxylation is 1. The SMILES string of the molecule is COc1ccc(CSc2nccn2C)cc1C=CC(=O)O. The Morgan fingerprint density at radius 3 is 2.95 bits per heavy atom. The lowest BCUT2D eigenvalue weighted by atomic mass is 10.1. The van der Waals surface area contributed by atoms with Crippen LogP contribution in [0.25, 0.3) is 6.08 Å². The van der Waals surface area contributed by atoms with Gasteiger partial charge in [0.25, 0.3) is 0 Å². The van der Waals surface area contributed by atoms with Crippen LogP contribution in [0.5, 0.6) is 5.75 Å². The molecule has 0 aliphatic rings. The zero-order chi connectivity index (χ0) is 15.2. The molecular weight excluding hydrogens is 288 g/mol. The number of rotatable bonds is 6. The molecule has 2 rings (SSSR count). The number of nitrogens with zero attached hydrogens (tertiary/aromatic N) is 2.